The molecule has 8 heteroatoms. The van der Waals surface area contributed by atoms with Gasteiger partial charge < -0.3 is 14.2 Å². The van der Waals surface area contributed by atoms with Crippen molar-refractivity contribution in [3.05, 3.63) is 65.2 Å². The molecule has 34 heavy (non-hydrogen) atoms. The first-order valence-electron chi connectivity index (χ1n) is 11.4. The van der Waals surface area contributed by atoms with Gasteiger partial charge in [-0.2, -0.15) is 0 Å². The average molecular weight is 478 g/mol. The number of benzene rings is 2. The van der Waals surface area contributed by atoms with Crippen molar-refractivity contribution in [1.29, 1.82) is 0 Å². The molecule has 0 spiro atoms. The Morgan fingerprint density at radius 1 is 0.971 bits per heavy atom. The van der Waals surface area contributed by atoms with E-state index in [-0.39, 0.29) is 5.56 Å². The van der Waals surface area contributed by atoms with Crippen LogP contribution in [0.3, 0.4) is 0 Å². The zero-order valence-corrected chi connectivity index (χ0v) is 20.1. The predicted octanol–water partition coefficient (Wildman–Crippen LogP) is 4.61. The van der Waals surface area contributed by atoms with Gasteiger partial charge in [-0.1, -0.05) is 0 Å². The molecule has 0 unspecified atom stereocenters. The number of fused-ring (bicyclic) bond motifs is 1. The zero-order valence-electron chi connectivity index (χ0n) is 19.3. The summed E-state index contributed by atoms with van der Waals surface area (Å²) in [6.45, 7) is 3.79. The smallest absolute Gasteiger partial charge is 0.275 e. The molecule has 1 aliphatic rings. The minimum Gasteiger partial charge on any atom is -0.497 e. The van der Waals surface area contributed by atoms with Gasteiger partial charge >= 0.3 is 0 Å². The van der Waals surface area contributed by atoms with Crippen molar-refractivity contribution in [2.24, 2.45) is 0 Å². The van der Waals surface area contributed by atoms with Gasteiger partial charge in [0.15, 0.2) is 11.5 Å². The number of nitrogens with zero attached hydrogens (tertiary/aromatic N) is 3. The molecule has 1 aliphatic heterocycles. The molecule has 0 bridgehead atoms. The van der Waals surface area contributed by atoms with Crippen LogP contribution in [-0.4, -0.2) is 54.9 Å². The summed E-state index contributed by atoms with van der Waals surface area (Å²) in [5, 5.41) is 0. The Balaban J connectivity index is 1.40. The number of hydrogen-bond acceptors (Lipinski definition) is 7. The highest BCUT2D eigenvalue weighted by Crippen LogP contribution is 2.33. The number of aromatic nitrogens is 2. The summed E-state index contributed by atoms with van der Waals surface area (Å²) in [7, 11) is 3.25. The molecule has 1 fully saturated rings. The lowest BCUT2D eigenvalue weighted by Crippen LogP contribution is -2.25. The van der Waals surface area contributed by atoms with Crippen LogP contribution in [-0.2, 0) is 0 Å². The Kier molecular flexibility index (Phi) is 6.51. The Bertz CT molecular complexity index is 1340. The van der Waals surface area contributed by atoms with Crippen molar-refractivity contribution < 1.29 is 14.2 Å². The number of ether oxygens (including phenoxy) is 3. The summed E-state index contributed by atoms with van der Waals surface area (Å²) < 4.78 is 18.9. The van der Waals surface area contributed by atoms with Gasteiger partial charge in [0, 0.05) is 17.5 Å². The van der Waals surface area contributed by atoms with Crippen LogP contribution in [0.5, 0.6) is 17.2 Å². The van der Waals surface area contributed by atoms with E-state index in [0.29, 0.717) is 34.0 Å². The lowest BCUT2D eigenvalue weighted by atomic mass is 10.2. The van der Waals surface area contributed by atoms with E-state index in [0.717, 1.165) is 35.8 Å². The summed E-state index contributed by atoms with van der Waals surface area (Å²) in [6, 6.07) is 15.3. The van der Waals surface area contributed by atoms with Gasteiger partial charge in [-0.25, -0.2) is 4.98 Å². The fourth-order valence-corrected chi connectivity index (χ4v) is 5.26. The predicted molar refractivity (Wildman–Crippen MR) is 135 cm³/mol. The van der Waals surface area contributed by atoms with Crippen molar-refractivity contribution >= 4 is 21.6 Å². The largest absolute Gasteiger partial charge is 0.497 e. The van der Waals surface area contributed by atoms with E-state index in [9.17, 15) is 4.79 Å². The van der Waals surface area contributed by atoms with Gasteiger partial charge in [-0.3, -0.25) is 14.3 Å². The summed E-state index contributed by atoms with van der Waals surface area (Å²) in [5.41, 5.74) is 2.28. The summed E-state index contributed by atoms with van der Waals surface area (Å²) >= 11 is 1.44. The molecular weight excluding hydrogens is 450 g/mol. The number of methoxy groups -OCH3 is 2. The monoisotopic (exact) mass is 477 g/mol. The molecule has 0 atom stereocenters. The third kappa shape index (κ3) is 4.51. The highest BCUT2D eigenvalue weighted by atomic mass is 32.1. The molecule has 176 valence electrons. The van der Waals surface area contributed by atoms with Crippen LogP contribution in [0.25, 0.3) is 26.3 Å². The maximum atomic E-state index is 13.3. The standard InChI is InChI=1S/C26H27N3O4S/c1-31-20-8-5-18(6-9-20)24-16-21-25(34-24)26(30)29(17-27-21)19-7-10-22(23(15-19)32-2)33-14-13-28-11-3-4-12-28/h5-10,15-17H,3-4,11-14H2,1-2H3. The Morgan fingerprint density at radius 3 is 2.50 bits per heavy atom. The Hall–Kier alpha value is -3.36. The van der Waals surface area contributed by atoms with E-state index in [1.807, 2.05) is 48.5 Å². The highest BCUT2D eigenvalue weighted by molar-refractivity contribution is 7.22. The molecule has 5 rings (SSSR count). The van der Waals surface area contributed by atoms with Gasteiger partial charge in [0.05, 0.1) is 25.4 Å². The highest BCUT2D eigenvalue weighted by Gasteiger charge is 2.15. The Morgan fingerprint density at radius 2 is 1.76 bits per heavy atom. The molecule has 2 aromatic heterocycles. The van der Waals surface area contributed by atoms with Crippen LogP contribution in [0, 0.1) is 0 Å². The molecule has 0 aliphatic carbocycles. The third-order valence-corrected chi connectivity index (χ3v) is 7.26. The van der Waals surface area contributed by atoms with Crippen molar-refractivity contribution in [3.8, 4) is 33.4 Å². The van der Waals surface area contributed by atoms with Crippen LogP contribution >= 0.6 is 11.3 Å². The second-order valence-corrected chi connectivity index (χ2v) is 9.26. The fraction of sp³-hybridized carbons (Fsp3) is 0.308. The molecule has 0 saturated carbocycles. The second-order valence-electron chi connectivity index (χ2n) is 8.21. The van der Waals surface area contributed by atoms with Crippen LogP contribution < -0.4 is 19.8 Å². The summed E-state index contributed by atoms with van der Waals surface area (Å²) in [6.07, 6.45) is 4.09. The SMILES string of the molecule is COc1ccc(-c2cc3ncn(-c4ccc(OCCN5CCCC5)c(OC)c4)c(=O)c3s2)cc1. The topological polar surface area (TPSA) is 65.8 Å². The molecular formula is C26H27N3O4S. The second kappa shape index (κ2) is 9.87. The van der Waals surface area contributed by atoms with E-state index >= 15 is 0 Å². The van der Waals surface area contributed by atoms with Gasteiger partial charge in [0.25, 0.3) is 5.56 Å². The van der Waals surface area contributed by atoms with Crippen molar-refractivity contribution in [1.82, 2.24) is 14.5 Å². The number of rotatable bonds is 8. The molecule has 7 nitrogen and oxygen atoms in total. The number of hydrogen-bond donors (Lipinski definition) is 0. The molecule has 0 radical (unpaired) electrons. The third-order valence-electron chi connectivity index (χ3n) is 6.10. The molecule has 0 amide bonds. The maximum Gasteiger partial charge on any atom is 0.275 e. The van der Waals surface area contributed by atoms with Crippen molar-refractivity contribution in [2.75, 3.05) is 40.5 Å². The lowest BCUT2D eigenvalue weighted by molar-refractivity contribution is 0.230. The molecule has 1 saturated heterocycles. The van der Waals surface area contributed by atoms with Gasteiger partial charge in [-0.15, -0.1) is 11.3 Å². The van der Waals surface area contributed by atoms with E-state index in [1.54, 1.807) is 25.1 Å². The van der Waals surface area contributed by atoms with Crippen LogP contribution in [0.2, 0.25) is 0 Å². The first kappa shape index (κ1) is 22.4. The molecule has 0 N–H and O–H groups in total. The normalized spacial score (nSPS) is 13.9. The first-order valence-corrected chi connectivity index (χ1v) is 12.2. The van der Waals surface area contributed by atoms with Crippen LogP contribution in [0.1, 0.15) is 12.8 Å². The summed E-state index contributed by atoms with van der Waals surface area (Å²) in [5.74, 6) is 2.06. The van der Waals surface area contributed by atoms with E-state index in [4.69, 9.17) is 14.2 Å². The maximum absolute atomic E-state index is 13.3. The molecule has 2 aromatic carbocycles. The fourth-order valence-electron chi connectivity index (χ4n) is 4.21. The molecule has 3 heterocycles. The van der Waals surface area contributed by atoms with Crippen LogP contribution in [0.4, 0.5) is 0 Å². The van der Waals surface area contributed by atoms with Crippen molar-refractivity contribution in [2.45, 2.75) is 12.8 Å². The van der Waals surface area contributed by atoms with E-state index in [2.05, 4.69) is 9.88 Å². The molecule has 4 aromatic rings. The van der Waals surface area contributed by atoms with Gasteiger partial charge in [0.1, 0.15) is 23.4 Å². The quantitative estimate of drug-likeness (QED) is 0.369. The zero-order chi connectivity index (χ0) is 23.5. The minimum absolute atomic E-state index is 0.112. The van der Waals surface area contributed by atoms with Crippen LogP contribution in [0.15, 0.2) is 59.7 Å². The first-order chi connectivity index (χ1) is 16.7. The Labute approximate surface area is 202 Å². The lowest BCUT2D eigenvalue weighted by Gasteiger charge is -2.17. The van der Waals surface area contributed by atoms with Gasteiger partial charge in [0.2, 0.25) is 0 Å². The summed E-state index contributed by atoms with van der Waals surface area (Å²) in [4.78, 5) is 21.2. The van der Waals surface area contributed by atoms with Crippen molar-refractivity contribution in [3.63, 3.8) is 0 Å². The number of likely N-dealkylation sites (tertiary alicyclic amines) is 1. The minimum atomic E-state index is -0.112. The average Bonchev–Trinajstić information content (AvgIpc) is 3.55. The van der Waals surface area contributed by atoms with E-state index in [1.165, 1.54) is 24.2 Å². The van der Waals surface area contributed by atoms with Gasteiger partial charge in [-0.05, 0) is 74.0 Å². The van der Waals surface area contributed by atoms with E-state index < -0.39 is 0 Å². The number of thiophene rings is 1.